The van der Waals surface area contributed by atoms with Crippen LogP contribution in [0.25, 0.3) is 28.1 Å². The van der Waals surface area contributed by atoms with Gasteiger partial charge in [-0.1, -0.05) is 30.3 Å². The third-order valence-corrected chi connectivity index (χ3v) is 5.56. The third-order valence-electron chi connectivity index (χ3n) is 5.56. The van der Waals surface area contributed by atoms with Gasteiger partial charge in [0, 0.05) is 12.0 Å². The highest BCUT2D eigenvalue weighted by molar-refractivity contribution is 6.01. The molecule has 4 N–H and O–H groups in total. The van der Waals surface area contributed by atoms with E-state index in [9.17, 15) is 24.6 Å². The van der Waals surface area contributed by atoms with Gasteiger partial charge < -0.3 is 25.1 Å². The molecule has 0 aliphatic carbocycles. The fraction of sp³-hybridized carbons (Fsp3) is 0.250. The molecule has 2 aromatic carbocycles. The molecule has 0 amide bonds. The molecule has 170 valence electrons. The molecule has 1 aromatic heterocycles. The van der Waals surface area contributed by atoms with Crippen LogP contribution < -0.4 is 5.32 Å². The molecule has 3 aromatic rings. The number of para-hydroxylation sites is 2. The van der Waals surface area contributed by atoms with E-state index in [0.717, 1.165) is 16.6 Å². The average Bonchev–Trinajstić information content (AvgIpc) is 3.23. The van der Waals surface area contributed by atoms with Gasteiger partial charge in [0.15, 0.2) is 17.0 Å². The zero-order valence-corrected chi connectivity index (χ0v) is 17.5. The van der Waals surface area contributed by atoms with Crippen LogP contribution in [0.15, 0.2) is 59.0 Å². The molecule has 0 bridgehead atoms. The molecular weight excluding hydrogens is 428 g/mol. The van der Waals surface area contributed by atoms with E-state index in [0.29, 0.717) is 30.0 Å². The summed E-state index contributed by atoms with van der Waals surface area (Å²) >= 11 is 0. The maximum Gasteiger partial charge on any atom is 0.336 e. The second kappa shape index (κ2) is 8.97. The standard InChI is InChI=1S/C24H22N2O7/c27-18(12-24(32,23(30)31)13-20(28)29)21-16(4-3-11-25-21)14-7-9-15(10-8-14)22-26-17-5-1-2-6-19(17)33-22/h1-2,4-10,21,25,32H,3,11-13H2,(H,28,29)(H,30,31). The van der Waals surface area contributed by atoms with Crippen LogP contribution >= 0.6 is 0 Å². The van der Waals surface area contributed by atoms with Crippen molar-refractivity contribution < 1.29 is 34.1 Å². The number of nitrogens with one attached hydrogen (secondary N) is 1. The van der Waals surface area contributed by atoms with Crippen LogP contribution in [-0.4, -0.2) is 56.2 Å². The van der Waals surface area contributed by atoms with Gasteiger partial charge in [-0.25, -0.2) is 9.78 Å². The molecule has 0 saturated heterocycles. The fourth-order valence-corrected chi connectivity index (χ4v) is 3.91. The van der Waals surface area contributed by atoms with Crippen LogP contribution in [0.4, 0.5) is 0 Å². The molecule has 9 nitrogen and oxygen atoms in total. The van der Waals surface area contributed by atoms with E-state index in [1.165, 1.54) is 0 Å². The zero-order valence-electron chi connectivity index (χ0n) is 17.5. The average molecular weight is 450 g/mol. The van der Waals surface area contributed by atoms with E-state index >= 15 is 0 Å². The molecule has 4 rings (SSSR count). The van der Waals surface area contributed by atoms with E-state index in [4.69, 9.17) is 9.52 Å². The number of aromatic nitrogens is 1. The lowest BCUT2D eigenvalue weighted by Gasteiger charge is -2.28. The molecule has 2 atom stereocenters. The van der Waals surface area contributed by atoms with Gasteiger partial charge in [-0.15, -0.1) is 0 Å². The normalized spacial score (nSPS) is 17.8. The molecule has 9 heteroatoms. The Bertz CT molecular complexity index is 1210. The highest BCUT2D eigenvalue weighted by Gasteiger charge is 2.42. The monoisotopic (exact) mass is 450 g/mol. The predicted molar refractivity (Wildman–Crippen MR) is 118 cm³/mol. The summed E-state index contributed by atoms with van der Waals surface area (Å²) < 4.78 is 5.78. The van der Waals surface area contributed by atoms with Gasteiger partial charge in [-0.3, -0.25) is 9.59 Å². The minimum atomic E-state index is -2.68. The molecule has 1 aliphatic rings. The van der Waals surface area contributed by atoms with Crippen molar-refractivity contribution in [1.82, 2.24) is 10.3 Å². The van der Waals surface area contributed by atoms with Gasteiger partial charge in [0.2, 0.25) is 5.89 Å². The molecule has 2 heterocycles. The van der Waals surface area contributed by atoms with Gasteiger partial charge in [0.25, 0.3) is 0 Å². The van der Waals surface area contributed by atoms with E-state index < -0.39 is 42.2 Å². The van der Waals surface area contributed by atoms with Crippen LogP contribution in [-0.2, 0) is 14.4 Å². The first-order valence-electron chi connectivity index (χ1n) is 10.4. The molecule has 0 spiro atoms. The summed E-state index contributed by atoms with van der Waals surface area (Å²) in [5.74, 6) is -3.39. The van der Waals surface area contributed by atoms with Crippen molar-refractivity contribution in [2.45, 2.75) is 30.9 Å². The molecule has 2 unspecified atom stereocenters. The quantitative estimate of drug-likeness (QED) is 0.406. The minimum absolute atomic E-state index is 0.464. The van der Waals surface area contributed by atoms with Gasteiger partial charge in [-0.2, -0.15) is 0 Å². The summed E-state index contributed by atoms with van der Waals surface area (Å²) in [5, 5.41) is 31.6. The SMILES string of the molecule is O=C(O)CC(O)(CC(=O)C1NCCC=C1c1ccc(-c2nc3ccccc3o2)cc1)C(=O)O. The fourth-order valence-electron chi connectivity index (χ4n) is 3.91. The summed E-state index contributed by atoms with van der Waals surface area (Å²) in [5.41, 5.74) is 0.867. The molecule has 0 radical (unpaired) electrons. The number of fused-ring (bicyclic) bond motifs is 1. The molecular formula is C24H22N2O7. The number of aliphatic hydroxyl groups is 1. The Labute approximate surface area is 188 Å². The van der Waals surface area contributed by atoms with Crippen LogP contribution in [0.5, 0.6) is 0 Å². The number of hydrogen-bond acceptors (Lipinski definition) is 7. The Kier molecular flexibility index (Phi) is 6.08. The van der Waals surface area contributed by atoms with Crippen molar-refractivity contribution in [3.05, 3.63) is 60.2 Å². The van der Waals surface area contributed by atoms with E-state index in [2.05, 4.69) is 10.3 Å². The van der Waals surface area contributed by atoms with Crippen molar-refractivity contribution in [2.75, 3.05) is 6.54 Å². The Hall–Kier alpha value is -3.82. The second-order valence-corrected chi connectivity index (χ2v) is 7.95. The predicted octanol–water partition coefficient (Wildman–Crippen LogP) is 2.49. The Morgan fingerprint density at radius 1 is 1.03 bits per heavy atom. The maximum atomic E-state index is 12.9. The summed E-state index contributed by atoms with van der Waals surface area (Å²) in [6.07, 6.45) is 0.637. The zero-order chi connectivity index (χ0) is 23.6. The van der Waals surface area contributed by atoms with Gasteiger partial charge in [0.05, 0.1) is 12.5 Å². The number of rotatable bonds is 8. The van der Waals surface area contributed by atoms with Crippen LogP contribution in [0.3, 0.4) is 0 Å². The van der Waals surface area contributed by atoms with Crippen molar-refractivity contribution >= 4 is 34.4 Å². The van der Waals surface area contributed by atoms with E-state index in [1.807, 2.05) is 54.6 Å². The number of Topliss-reactive ketones (excluding diaryl/α,β-unsaturated/α-hetero) is 1. The summed E-state index contributed by atoms with van der Waals surface area (Å²) in [6.45, 7) is 0.491. The Balaban J connectivity index is 1.57. The number of carbonyl (C=O) groups is 3. The third kappa shape index (κ3) is 4.69. The lowest BCUT2D eigenvalue weighted by atomic mass is 9.85. The molecule has 0 saturated carbocycles. The van der Waals surface area contributed by atoms with Crippen LogP contribution in [0.2, 0.25) is 0 Å². The highest BCUT2D eigenvalue weighted by Crippen LogP contribution is 2.29. The van der Waals surface area contributed by atoms with Gasteiger partial charge >= 0.3 is 11.9 Å². The number of carboxylic acid groups (broad SMARTS) is 2. The number of hydrogen-bond donors (Lipinski definition) is 4. The van der Waals surface area contributed by atoms with Gasteiger partial charge in [0.1, 0.15) is 5.52 Å². The minimum Gasteiger partial charge on any atom is -0.481 e. The van der Waals surface area contributed by atoms with Crippen molar-refractivity contribution in [2.24, 2.45) is 0 Å². The van der Waals surface area contributed by atoms with Crippen molar-refractivity contribution in [3.8, 4) is 11.5 Å². The van der Waals surface area contributed by atoms with Gasteiger partial charge in [-0.05, 0) is 48.4 Å². The summed E-state index contributed by atoms with van der Waals surface area (Å²) in [6, 6.07) is 13.8. The second-order valence-electron chi connectivity index (χ2n) is 7.95. The highest BCUT2D eigenvalue weighted by atomic mass is 16.4. The number of benzene rings is 2. The number of ketones is 1. The Morgan fingerprint density at radius 3 is 2.39 bits per heavy atom. The lowest BCUT2D eigenvalue weighted by molar-refractivity contribution is -0.167. The lowest BCUT2D eigenvalue weighted by Crippen LogP contribution is -2.48. The topological polar surface area (TPSA) is 150 Å². The number of nitrogens with zero attached hydrogens (tertiary/aromatic N) is 1. The number of carboxylic acids is 2. The Morgan fingerprint density at radius 2 is 1.73 bits per heavy atom. The van der Waals surface area contributed by atoms with E-state index in [-0.39, 0.29) is 0 Å². The smallest absolute Gasteiger partial charge is 0.336 e. The van der Waals surface area contributed by atoms with Crippen LogP contribution in [0, 0.1) is 0 Å². The molecule has 1 aliphatic heterocycles. The number of carbonyl (C=O) groups excluding carboxylic acids is 1. The van der Waals surface area contributed by atoms with Crippen molar-refractivity contribution in [3.63, 3.8) is 0 Å². The summed E-state index contributed by atoms with van der Waals surface area (Å²) in [4.78, 5) is 39.8. The first-order valence-corrected chi connectivity index (χ1v) is 10.4. The molecule has 33 heavy (non-hydrogen) atoms. The largest absolute Gasteiger partial charge is 0.481 e. The first-order chi connectivity index (χ1) is 15.8. The number of aliphatic carboxylic acids is 2. The summed E-state index contributed by atoms with van der Waals surface area (Å²) in [7, 11) is 0. The number of oxazole rings is 1. The first kappa shape index (κ1) is 22.4. The molecule has 0 fully saturated rings. The van der Waals surface area contributed by atoms with Crippen molar-refractivity contribution in [1.29, 1.82) is 0 Å². The van der Waals surface area contributed by atoms with E-state index in [1.54, 1.807) is 0 Å². The maximum absolute atomic E-state index is 12.9. The van der Waals surface area contributed by atoms with Crippen LogP contribution in [0.1, 0.15) is 24.8 Å².